The molecule has 0 spiro atoms. The molecular weight excluding hydrogens is 371 g/mol. The van der Waals surface area contributed by atoms with E-state index in [2.05, 4.69) is 0 Å². The number of carbonyl (C=O) groups is 1. The third kappa shape index (κ3) is 4.34. The highest BCUT2D eigenvalue weighted by molar-refractivity contribution is 7.91. The fraction of sp³-hybridized carbons (Fsp3) is 0.235. The number of rotatable bonds is 5. The monoisotopic (exact) mass is 387 g/mol. The van der Waals surface area contributed by atoms with Gasteiger partial charge in [0.25, 0.3) is 0 Å². The van der Waals surface area contributed by atoms with Crippen molar-refractivity contribution in [1.29, 1.82) is 0 Å². The van der Waals surface area contributed by atoms with Crippen LogP contribution in [0.3, 0.4) is 0 Å². The van der Waals surface area contributed by atoms with Crippen molar-refractivity contribution in [1.82, 2.24) is 5.32 Å². The number of hydrogen-bond acceptors (Lipinski definition) is 4. The first-order valence-electron chi connectivity index (χ1n) is 7.42. The number of alkyl halides is 3. The smallest absolute Gasteiger partial charge is 0.471 e. The topological polar surface area (TPSA) is 72.5 Å². The summed E-state index contributed by atoms with van der Waals surface area (Å²) in [5.41, 5.74) is 0.344. The summed E-state index contributed by atoms with van der Waals surface area (Å²) in [4.78, 5) is 11.0. The SMILES string of the molecule is COc1ccc(S(=O)(=O)c2ccc([C@H](C)NC(=O)C(F)(F)F)cc2)cc1. The van der Waals surface area contributed by atoms with Crippen LogP contribution in [0.15, 0.2) is 58.3 Å². The van der Waals surface area contributed by atoms with E-state index in [4.69, 9.17) is 4.74 Å². The molecule has 0 aromatic heterocycles. The van der Waals surface area contributed by atoms with Crippen molar-refractivity contribution in [2.75, 3.05) is 7.11 Å². The van der Waals surface area contributed by atoms with E-state index in [1.54, 1.807) is 0 Å². The van der Waals surface area contributed by atoms with Gasteiger partial charge in [-0.3, -0.25) is 4.79 Å². The molecule has 0 aliphatic carbocycles. The minimum absolute atomic E-state index is 0.0132. The van der Waals surface area contributed by atoms with Crippen molar-refractivity contribution >= 4 is 15.7 Å². The normalized spacial score (nSPS) is 13.1. The van der Waals surface area contributed by atoms with Crippen molar-refractivity contribution in [3.63, 3.8) is 0 Å². The van der Waals surface area contributed by atoms with Gasteiger partial charge >= 0.3 is 12.1 Å². The molecule has 0 saturated heterocycles. The second-order valence-corrected chi connectivity index (χ2v) is 7.39. The van der Waals surface area contributed by atoms with Crippen LogP contribution >= 0.6 is 0 Å². The second-order valence-electron chi connectivity index (χ2n) is 5.44. The van der Waals surface area contributed by atoms with Crippen molar-refractivity contribution < 1.29 is 31.1 Å². The van der Waals surface area contributed by atoms with Crippen LogP contribution in [0, 0.1) is 0 Å². The van der Waals surface area contributed by atoms with Crippen molar-refractivity contribution in [3.05, 3.63) is 54.1 Å². The van der Waals surface area contributed by atoms with Gasteiger partial charge in [-0.2, -0.15) is 13.2 Å². The fourth-order valence-corrected chi connectivity index (χ4v) is 3.45. The van der Waals surface area contributed by atoms with Crippen molar-refractivity contribution in [2.24, 2.45) is 0 Å². The molecule has 140 valence electrons. The molecule has 0 saturated carbocycles. The molecule has 2 aromatic rings. The zero-order chi connectivity index (χ0) is 19.5. The Morgan fingerprint density at radius 3 is 1.88 bits per heavy atom. The van der Waals surface area contributed by atoms with E-state index < -0.39 is 28.0 Å². The Kier molecular flexibility index (Phi) is 5.60. The van der Waals surface area contributed by atoms with Gasteiger partial charge in [0.05, 0.1) is 22.9 Å². The van der Waals surface area contributed by atoms with E-state index in [-0.39, 0.29) is 9.79 Å². The lowest BCUT2D eigenvalue weighted by molar-refractivity contribution is -0.174. The minimum atomic E-state index is -4.98. The Morgan fingerprint density at radius 2 is 1.46 bits per heavy atom. The first-order chi connectivity index (χ1) is 12.1. The van der Waals surface area contributed by atoms with Gasteiger partial charge in [0.2, 0.25) is 9.84 Å². The number of methoxy groups -OCH3 is 1. The highest BCUT2D eigenvalue weighted by Gasteiger charge is 2.39. The summed E-state index contributed by atoms with van der Waals surface area (Å²) in [5, 5.41) is 1.81. The molecule has 2 aromatic carbocycles. The van der Waals surface area contributed by atoms with Gasteiger partial charge in [-0.25, -0.2) is 8.42 Å². The predicted octanol–water partition coefficient (Wildman–Crippen LogP) is 3.27. The first kappa shape index (κ1) is 19.8. The average Bonchev–Trinajstić information content (AvgIpc) is 2.61. The van der Waals surface area contributed by atoms with Gasteiger partial charge in [-0.05, 0) is 48.9 Å². The summed E-state index contributed by atoms with van der Waals surface area (Å²) in [5.74, 6) is -1.55. The maximum absolute atomic E-state index is 12.6. The molecule has 0 unspecified atom stereocenters. The molecule has 1 N–H and O–H groups in total. The molecule has 2 rings (SSSR count). The summed E-state index contributed by atoms with van der Waals surface area (Å²) < 4.78 is 67.0. The van der Waals surface area contributed by atoms with Gasteiger partial charge in [0.1, 0.15) is 5.75 Å². The molecule has 1 amide bonds. The van der Waals surface area contributed by atoms with Crippen LogP contribution in [-0.4, -0.2) is 27.6 Å². The summed E-state index contributed by atoms with van der Waals surface area (Å²) in [6.07, 6.45) is -4.98. The number of benzene rings is 2. The van der Waals surface area contributed by atoms with Crippen molar-refractivity contribution in [3.8, 4) is 5.75 Å². The Morgan fingerprint density at radius 1 is 1.00 bits per heavy atom. The third-order valence-corrected chi connectivity index (χ3v) is 5.45. The average molecular weight is 387 g/mol. The molecular formula is C17H16F3NO4S. The molecule has 0 fully saturated rings. The Balaban J connectivity index is 2.21. The molecule has 1 atom stereocenters. The zero-order valence-electron chi connectivity index (χ0n) is 13.9. The lowest BCUT2D eigenvalue weighted by Gasteiger charge is -2.16. The van der Waals surface area contributed by atoms with Gasteiger partial charge in [-0.15, -0.1) is 0 Å². The van der Waals surface area contributed by atoms with E-state index >= 15 is 0 Å². The maximum Gasteiger partial charge on any atom is 0.471 e. The number of nitrogens with one attached hydrogen (secondary N) is 1. The third-order valence-electron chi connectivity index (χ3n) is 3.67. The highest BCUT2D eigenvalue weighted by Crippen LogP contribution is 2.25. The van der Waals surface area contributed by atoms with Crippen LogP contribution in [0.4, 0.5) is 13.2 Å². The molecule has 0 heterocycles. The van der Waals surface area contributed by atoms with Crippen LogP contribution in [0.5, 0.6) is 5.75 Å². The molecule has 0 bridgehead atoms. The summed E-state index contributed by atoms with van der Waals surface area (Å²) in [6, 6.07) is 10.2. The molecule has 0 aliphatic rings. The Hall–Kier alpha value is -2.55. The predicted molar refractivity (Wildman–Crippen MR) is 87.5 cm³/mol. The Labute approximate surface area is 148 Å². The fourth-order valence-electron chi connectivity index (χ4n) is 2.19. The number of halogens is 3. The second kappa shape index (κ2) is 7.36. The van der Waals surface area contributed by atoms with Gasteiger partial charge in [0.15, 0.2) is 0 Å². The molecule has 0 radical (unpaired) electrons. The summed E-state index contributed by atoms with van der Waals surface area (Å²) >= 11 is 0. The largest absolute Gasteiger partial charge is 0.497 e. The van der Waals surface area contributed by atoms with Crippen LogP contribution in [0.2, 0.25) is 0 Å². The Bertz CT molecular complexity index is 876. The summed E-state index contributed by atoms with van der Waals surface area (Å²) in [6.45, 7) is 1.37. The number of carbonyl (C=O) groups excluding carboxylic acids is 1. The standard InChI is InChI=1S/C17H16F3NO4S/c1-11(21-16(22)17(18,19)20)12-3-7-14(8-4-12)26(23,24)15-9-5-13(25-2)6-10-15/h3-11H,1-2H3,(H,21,22)/t11-/m0/s1. The van der Waals surface area contributed by atoms with E-state index in [0.717, 1.165) is 0 Å². The van der Waals surface area contributed by atoms with Gasteiger partial charge in [0, 0.05) is 0 Å². The lowest BCUT2D eigenvalue weighted by Crippen LogP contribution is -2.38. The van der Waals surface area contributed by atoms with E-state index in [1.807, 2.05) is 5.32 Å². The number of hydrogen-bond donors (Lipinski definition) is 1. The highest BCUT2D eigenvalue weighted by atomic mass is 32.2. The van der Waals surface area contributed by atoms with Crippen molar-refractivity contribution in [2.45, 2.75) is 28.9 Å². The van der Waals surface area contributed by atoms with E-state index in [0.29, 0.717) is 11.3 Å². The summed E-state index contributed by atoms with van der Waals surface area (Å²) in [7, 11) is -2.32. The zero-order valence-corrected chi connectivity index (χ0v) is 14.7. The van der Waals surface area contributed by atoms with E-state index in [1.165, 1.54) is 62.6 Å². The van der Waals surface area contributed by atoms with Crippen LogP contribution in [0.25, 0.3) is 0 Å². The number of ether oxygens (including phenoxy) is 1. The van der Waals surface area contributed by atoms with Crippen LogP contribution in [0.1, 0.15) is 18.5 Å². The first-order valence-corrected chi connectivity index (χ1v) is 8.91. The molecule has 5 nitrogen and oxygen atoms in total. The minimum Gasteiger partial charge on any atom is -0.497 e. The van der Waals surface area contributed by atoms with Crippen LogP contribution in [-0.2, 0) is 14.6 Å². The van der Waals surface area contributed by atoms with E-state index in [9.17, 15) is 26.4 Å². The molecule has 0 aliphatic heterocycles. The molecule has 26 heavy (non-hydrogen) atoms. The quantitative estimate of drug-likeness (QED) is 0.855. The van der Waals surface area contributed by atoms with Crippen LogP contribution < -0.4 is 10.1 Å². The maximum atomic E-state index is 12.6. The molecule has 9 heteroatoms. The van der Waals surface area contributed by atoms with Gasteiger partial charge in [-0.1, -0.05) is 12.1 Å². The number of amides is 1. The number of sulfone groups is 1. The van der Waals surface area contributed by atoms with Gasteiger partial charge < -0.3 is 10.1 Å². The lowest BCUT2D eigenvalue weighted by atomic mass is 10.1.